The van der Waals surface area contributed by atoms with Crippen LogP contribution in [0.2, 0.25) is 0 Å². The molecular weight excluding hydrogens is 541 g/mol. The van der Waals surface area contributed by atoms with E-state index in [0.29, 0.717) is 41.6 Å². The van der Waals surface area contributed by atoms with Crippen LogP contribution < -0.4 is 5.32 Å². The first kappa shape index (κ1) is 33.9. The number of aryl methyl sites for hydroxylation is 1. The number of aromatic nitrogens is 2. The zero-order chi connectivity index (χ0) is 29.2. The minimum atomic E-state index is -1.05. The Morgan fingerprint density at radius 1 is 0.976 bits per heavy atom. The number of aliphatic hydroxyl groups excluding tert-OH is 1. The van der Waals surface area contributed by atoms with Gasteiger partial charge in [-0.1, -0.05) is 49.6 Å². The SMILES string of the molecule is CSCC[C@H](NC(=O)c1ccc(C(O)CCC(c2ccnnc2)C2CCCCC2)cc1-c1ccccc1C)C(=O)O.[LiH]. The number of carbonyl (C=O) groups excluding carboxylic acids is 1. The molecule has 1 saturated carbocycles. The fraction of sp³-hybridized carbons (Fsp3) is 0.455. The molecule has 7 nitrogen and oxygen atoms in total. The van der Waals surface area contributed by atoms with Gasteiger partial charge in [-0.25, -0.2) is 4.79 Å². The van der Waals surface area contributed by atoms with Crippen molar-refractivity contribution in [2.45, 2.75) is 76.4 Å². The number of hydrogen-bond acceptors (Lipinski definition) is 6. The normalized spacial score (nSPS) is 15.7. The Morgan fingerprint density at radius 3 is 2.40 bits per heavy atom. The van der Waals surface area contributed by atoms with Crippen LogP contribution in [0, 0.1) is 12.8 Å². The fourth-order valence-electron chi connectivity index (χ4n) is 6.03. The van der Waals surface area contributed by atoms with Gasteiger partial charge in [-0.3, -0.25) is 4.79 Å². The Kier molecular flexibility index (Phi) is 13.6. The van der Waals surface area contributed by atoms with E-state index in [1.807, 2.05) is 55.8 Å². The molecule has 0 aliphatic heterocycles. The average molecular weight is 584 g/mol. The molecule has 0 spiro atoms. The molecule has 3 N–H and O–H groups in total. The number of aliphatic hydroxyl groups is 1. The van der Waals surface area contributed by atoms with Crippen molar-refractivity contribution in [2.24, 2.45) is 5.92 Å². The first-order chi connectivity index (χ1) is 19.9. The Bertz CT molecular complexity index is 1300. The molecule has 2 aromatic carbocycles. The number of benzene rings is 2. The number of carboxylic acids is 1. The molecule has 42 heavy (non-hydrogen) atoms. The number of thioether (sulfide) groups is 1. The molecule has 1 aromatic heterocycles. The van der Waals surface area contributed by atoms with Crippen molar-refractivity contribution in [3.05, 3.63) is 83.2 Å². The molecular formula is C33H42LiN3O4S. The topological polar surface area (TPSA) is 112 Å². The quantitative estimate of drug-likeness (QED) is 0.214. The summed E-state index contributed by atoms with van der Waals surface area (Å²) in [5.41, 5.74) is 4.88. The summed E-state index contributed by atoms with van der Waals surface area (Å²) < 4.78 is 0. The number of aliphatic carboxylic acids is 1. The van der Waals surface area contributed by atoms with Crippen LogP contribution in [0.25, 0.3) is 11.1 Å². The summed E-state index contributed by atoms with van der Waals surface area (Å²) in [7, 11) is 0. The Labute approximate surface area is 265 Å². The average Bonchev–Trinajstić information content (AvgIpc) is 3.00. The molecule has 1 fully saturated rings. The summed E-state index contributed by atoms with van der Waals surface area (Å²) in [6.45, 7) is 1.98. The predicted molar refractivity (Wildman–Crippen MR) is 171 cm³/mol. The Balaban J connectivity index is 0.00000484. The van der Waals surface area contributed by atoms with Crippen molar-refractivity contribution < 1.29 is 19.8 Å². The van der Waals surface area contributed by atoms with Gasteiger partial charge in [0.2, 0.25) is 0 Å². The molecule has 0 bridgehead atoms. The molecule has 220 valence electrons. The van der Waals surface area contributed by atoms with Gasteiger partial charge < -0.3 is 15.5 Å². The Hall–Kier alpha value is -2.63. The summed E-state index contributed by atoms with van der Waals surface area (Å²) in [5.74, 6) is 0.0384. The third kappa shape index (κ3) is 8.94. The van der Waals surface area contributed by atoms with Crippen molar-refractivity contribution in [3.8, 4) is 11.1 Å². The van der Waals surface area contributed by atoms with Crippen LogP contribution in [-0.4, -0.2) is 69.2 Å². The van der Waals surface area contributed by atoms with Crippen LogP contribution in [0.5, 0.6) is 0 Å². The van der Waals surface area contributed by atoms with E-state index in [-0.39, 0.29) is 18.9 Å². The molecule has 3 atom stereocenters. The number of carbonyl (C=O) groups is 2. The van der Waals surface area contributed by atoms with E-state index in [1.54, 1.807) is 30.1 Å². The number of nitrogens with zero attached hydrogens (tertiary/aromatic N) is 2. The van der Waals surface area contributed by atoms with Crippen LogP contribution in [0.1, 0.15) is 90.4 Å². The molecule has 3 aromatic rings. The van der Waals surface area contributed by atoms with E-state index in [2.05, 4.69) is 15.5 Å². The van der Waals surface area contributed by atoms with Crippen molar-refractivity contribution in [1.82, 2.24) is 15.5 Å². The predicted octanol–water partition coefficient (Wildman–Crippen LogP) is 5.92. The summed E-state index contributed by atoms with van der Waals surface area (Å²) in [4.78, 5) is 25.2. The van der Waals surface area contributed by atoms with Gasteiger partial charge in [0.15, 0.2) is 0 Å². The second kappa shape index (κ2) is 16.9. The summed E-state index contributed by atoms with van der Waals surface area (Å²) in [5, 5.41) is 31.9. The van der Waals surface area contributed by atoms with Gasteiger partial charge in [-0.05, 0) is 109 Å². The first-order valence-corrected chi connectivity index (χ1v) is 16.0. The number of nitrogens with one attached hydrogen (secondary N) is 1. The van der Waals surface area contributed by atoms with Crippen LogP contribution in [-0.2, 0) is 4.79 Å². The van der Waals surface area contributed by atoms with Crippen molar-refractivity contribution in [3.63, 3.8) is 0 Å². The van der Waals surface area contributed by atoms with E-state index in [4.69, 9.17) is 0 Å². The van der Waals surface area contributed by atoms with Crippen molar-refractivity contribution >= 4 is 42.5 Å². The monoisotopic (exact) mass is 583 g/mol. The molecule has 0 radical (unpaired) electrons. The standard InChI is InChI=1S/C33H41N3O4S.Li.H/c1-22-8-6-7-11-26(22)29-20-24(12-13-28(29)32(38)36-30(33(39)40)17-19-41-2)31(37)15-14-27(23-9-4-3-5-10-23)25-16-18-34-35-21-25;;/h6-8,11-13,16,18,20-21,23,27,30-31,37H,3-5,9-10,14-15,17,19H2,1-2H3,(H,36,38)(H,39,40);;/t27?,30-,31?;;/m0../s1. The minimum absolute atomic E-state index is 0. The molecule has 9 heteroatoms. The maximum atomic E-state index is 13.4. The molecule has 2 unspecified atom stereocenters. The molecule has 1 aliphatic carbocycles. The second-order valence-electron chi connectivity index (χ2n) is 11.0. The summed E-state index contributed by atoms with van der Waals surface area (Å²) in [6, 6.07) is 14.3. The Morgan fingerprint density at radius 2 is 1.74 bits per heavy atom. The number of rotatable bonds is 13. The fourth-order valence-corrected chi connectivity index (χ4v) is 6.50. The van der Waals surface area contributed by atoms with Gasteiger partial charge in [0.1, 0.15) is 6.04 Å². The van der Waals surface area contributed by atoms with Crippen LogP contribution in [0.4, 0.5) is 0 Å². The third-order valence-corrected chi connectivity index (χ3v) is 8.97. The molecule has 0 saturated heterocycles. The molecule has 1 heterocycles. The van der Waals surface area contributed by atoms with Crippen LogP contribution in [0.15, 0.2) is 60.9 Å². The zero-order valence-electron chi connectivity index (χ0n) is 24.0. The molecule has 1 amide bonds. The maximum absolute atomic E-state index is 13.4. The summed E-state index contributed by atoms with van der Waals surface area (Å²) >= 11 is 1.54. The van der Waals surface area contributed by atoms with Gasteiger partial charge >= 0.3 is 24.8 Å². The van der Waals surface area contributed by atoms with Gasteiger partial charge in [-0.15, -0.1) is 0 Å². The van der Waals surface area contributed by atoms with E-state index in [1.165, 1.54) is 37.7 Å². The zero-order valence-corrected chi connectivity index (χ0v) is 24.8. The third-order valence-electron chi connectivity index (χ3n) is 8.33. The van der Waals surface area contributed by atoms with Crippen LogP contribution in [0.3, 0.4) is 0 Å². The van der Waals surface area contributed by atoms with Gasteiger partial charge in [0.05, 0.1) is 12.3 Å². The second-order valence-corrected chi connectivity index (χ2v) is 12.0. The number of hydrogen-bond donors (Lipinski definition) is 3. The van der Waals surface area contributed by atoms with E-state index >= 15 is 0 Å². The first-order valence-electron chi connectivity index (χ1n) is 14.6. The molecule has 4 rings (SSSR count). The number of carboxylic acid groups (broad SMARTS) is 1. The summed E-state index contributed by atoms with van der Waals surface area (Å²) in [6.07, 6.45) is 12.7. The van der Waals surface area contributed by atoms with Gasteiger partial charge in [0.25, 0.3) is 5.91 Å². The van der Waals surface area contributed by atoms with Crippen molar-refractivity contribution in [2.75, 3.05) is 12.0 Å². The van der Waals surface area contributed by atoms with E-state index in [9.17, 15) is 19.8 Å². The van der Waals surface area contributed by atoms with Gasteiger partial charge in [0, 0.05) is 11.8 Å². The number of amides is 1. The van der Waals surface area contributed by atoms with Gasteiger partial charge in [-0.2, -0.15) is 22.0 Å². The van der Waals surface area contributed by atoms with E-state index < -0.39 is 24.0 Å². The van der Waals surface area contributed by atoms with E-state index in [0.717, 1.165) is 23.1 Å². The van der Waals surface area contributed by atoms with Crippen molar-refractivity contribution in [1.29, 1.82) is 0 Å². The van der Waals surface area contributed by atoms with Crippen LogP contribution >= 0.6 is 11.8 Å². The molecule has 1 aliphatic rings.